The second-order valence-electron chi connectivity index (χ2n) is 2.57. The molecule has 0 amide bonds. The van der Waals surface area contributed by atoms with E-state index in [-0.39, 0.29) is 6.73 Å². The summed E-state index contributed by atoms with van der Waals surface area (Å²) in [6.45, 7) is 1.77. The Morgan fingerprint density at radius 3 is 2.54 bits per heavy atom. The summed E-state index contributed by atoms with van der Waals surface area (Å²) in [4.78, 5) is 1.64. The molecule has 0 aromatic heterocycles. The van der Waals surface area contributed by atoms with Crippen molar-refractivity contribution in [3.05, 3.63) is 0 Å². The van der Waals surface area contributed by atoms with Crippen molar-refractivity contribution in [2.75, 3.05) is 47.7 Å². The molecule has 0 spiro atoms. The number of rotatable bonds is 9. The van der Waals surface area contributed by atoms with Gasteiger partial charge in [-0.25, -0.2) is 0 Å². The zero-order valence-electron chi connectivity index (χ0n) is 8.25. The van der Waals surface area contributed by atoms with E-state index in [0.29, 0.717) is 26.9 Å². The maximum Gasteiger partial charge on any atom is 0.102 e. The summed E-state index contributed by atoms with van der Waals surface area (Å²) in [6, 6.07) is 0. The molecule has 0 bridgehead atoms. The normalized spacial score (nSPS) is 11.1. The predicted molar refractivity (Wildman–Crippen MR) is 48.7 cm³/mol. The monoisotopic (exact) mass is 193 g/mol. The first-order valence-corrected chi connectivity index (χ1v) is 4.11. The van der Waals surface area contributed by atoms with Gasteiger partial charge in [0.25, 0.3) is 0 Å². The van der Waals surface area contributed by atoms with Crippen LogP contribution in [0, 0.1) is 0 Å². The zero-order valence-corrected chi connectivity index (χ0v) is 8.25. The van der Waals surface area contributed by atoms with Crippen LogP contribution in [0.15, 0.2) is 0 Å². The maximum atomic E-state index is 8.60. The minimum absolute atomic E-state index is 0.00372. The van der Waals surface area contributed by atoms with Crippen molar-refractivity contribution in [3.8, 4) is 0 Å². The van der Waals surface area contributed by atoms with Crippen LogP contribution in [-0.2, 0) is 9.47 Å². The van der Waals surface area contributed by atoms with E-state index >= 15 is 0 Å². The van der Waals surface area contributed by atoms with E-state index in [1.165, 1.54) is 0 Å². The average Bonchev–Trinajstić information content (AvgIpc) is 2.16. The van der Waals surface area contributed by atoms with E-state index in [9.17, 15) is 0 Å². The zero-order chi connectivity index (χ0) is 9.94. The van der Waals surface area contributed by atoms with Gasteiger partial charge < -0.3 is 14.6 Å². The Bertz CT molecular complexity index is 105. The first-order chi connectivity index (χ1) is 6.31. The van der Waals surface area contributed by atoms with Crippen molar-refractivity contribution < 1.29 is 14.6 Å². The van der Waals surface area contributed by atoms with E-state index in [4.69, 9.17) is 14.6 Å². The van der Waals surface area contributed by atoms with Gasteiger partial charge in [-0.05, 0) is 14.1 Å². The van der Waals surface area contributed by atoms with Crippen LogP contribution in [0.5, 0.6) is 0 Å². The van der Waals surface area contributed by atoms with Crippen molar-refractivity contribution in [1.82, 2.24) is 15.5 Å². The van der Waals surface area contributed by atoms with Crippen LogP contribution < -0.4 is 10.6 Å². The summed E-state index contributed by atoms with van der Waals surface area (Å²) < 4.78 is 10.2. The van der Waals surface area contributed by atoms with E-state index < -0.39 is 0 Å². The van der Waals surface area contributed by atoms with Gasteiger partial charge >= 0.3 is 0 Å². The second-order valence-corrected chi connectivity index (χ2v) is 2.57. The average molecular weight is 193 g/mol. The fourth-order valence-electron chi connectivity index (χ4n) is 0.581. The summed E-state index contributed by atoms with van der Waals surface area (Å²) in [5.74, 6) is 0. The molecule has 0 aliphatic carbocycles. The predicted octanol–water partition coefficient (Wildman–Crippen LogP) is -1.46. The smallest absolute Gasteiger partial charge is 0.102 e. The van der Waals surface area contributed by atoms with Crippen molar-refractivity contribution in [1.29, 1.82) is 0 Å². The molecule has 13 heavy (non-hydrogen) atoms. The fraction of sp³-hybridized carbons (Fsp3) is 1.00. The molecule has 0 aromatic rings. The van der Waals surface area contributed by atoms with Gasteiger partial charge in [0.05, 0.1) is 20.2 Å². The minimum Gasteiger partial charge on any atom is -0.381 e. The number of aliphatic hydroxyl groups is 1. The molecule has 0 heterocycles. The molecule has 0 aliphatic rings. The third-order valence-electron chi connectivity index (χ3n) is 1.21. The molecule has 0 fully saturated rings. The molecule has 0 saturated carbocycles. The Morgan fingerprint density at radius 1 is 1.23 bits per heavy atom. The lowest BCUT2D eigenvalue weighted by Crippen LogP contribution is -2.29. The summed E-state index contributed by atoms with van der Waals surface area (Å²) in [6.07, 6.45) is 0. The van der Waals surface area contributed by atoms with Crippen LogP contribution in [0.4, 0.5) is 0 Å². The van der Waals surface area contributed by atoms with E-state index in [0.717, 1.165) is 0 Å². The fourth-order valence-corrected chi connectivity index (χ4v) is 0.581. The van der Waals surface area contributed by atoms with Crippen LogP contribution in [-0.4, -0.2) is 57.8 Å². The topological polar surface area (TPSA) is 66.0 Å². The summed E-state index contributed by atoms with van der Waals surface area (Å²) in [7, 11) is 3.57. The molecule has 0 aromatic carbocycles. The van der Waals surface area contributed by atoms with Gasteiger partial charge in [-0.3, -0.25) is 15.5 Å². The number of nitrogens with one attached hydrogen (secondary N) is 2. The molecule has 3 N–H and O–H groups in total. The van der Waals surface area contributed by atoms with Crippen LogP contribution in [0.2, 0.25) is 0 Å². The molecule has 0 aliphatic heterocycles. The Kier molecular flexibility index (Phi) is 9.66. The molecular weight excluding hydrogens is 174 g/mol. The van der Waals surface area contributed by atoms with Gasteiger partial charge in [-0.2, -0.15) is 0 Å². The van der Waals surface area contributed by atoms with Crippen LogP contribution in [0.1, 0.15) is 0 Å². The van der Waals surface area contributed by atoms with Crippen molar-refractivity contribution in [3.63, 3.8) is 0 Å². The minimum atomic E-state index is -0.00372. The van der Waals surface area contributed by atoms with E-state index in [2.05, 4.69) is 10.6 Å². The highest BCUT2D eigenvalue weighted by molar-refractivity contribution is 4.31. The SMILES string of the molecule is CNCOCNCOCN(C)CO. The first kappa shape index (κ1) is 12.8. The van der Waals surface area contributed by atoms with Crippen molar-refractivity contribution >= 4 is 0 Å². The Labute approximate surface area is 78.8 Å². The molecule has 80 valence electrons. The van der Waals surface area contributed by atoms with Gasteiger partial charge in [0.1, 0.15) is 13.5 Å². The molecule has 0 saturated heterocycles. The Morgan fingerprint density at radius 2 is 1.92 bits per heavy atom. The highest BCUT2D eigenvalue weighted by Gasteiger charge is 1.93. The summed E-state index contributed by atoms with van der Waals surface area (Å²) in [5, 5.41) is 14.3. The summed E-state index contributed by atoms with van der Waals surface area (Å²) in [5.41, 5.74) is 0. The van der Waals surface area contributed by atoms with Gasteiger partial charge in [-0.1, -0.05) is 0 Å². The van der Waals surface area contributed by atoms with Gasteiger partial charge in [-0.15, -0.1) is 0 Å². The van der Waals surface area contributed by atoms with Crippen molar-refractivity contribution in [2.45, 2.75) is 0 Å². The van der Waals surface area contributed by atoms with Gasteiger partial charge in [0.15, 0.2) is 0 Å². The third kappa shape index (κ3) is 9.68. The maximum absolute atomic E-state index is 8.60. The number of hydrogen-bond donors (Lipinski definition) is 3. The lowest BCUT2D eigenvalue weighted by molar-refractivity contribution is -0.0185. The van der Waals surface area contributed by atoms with Crippen molar-refractivity contribution in [2.24, 2.45) is 0 Å². The largest absolute Gasteiger partial charge is 0.381 e. The molecule has 0 atom stereocenters. The van der Waals surface area contributed by atoms with Gasteiger partial charge in [0, 0.05) is 0 Å². The first-order valence-electron chi connectivity index (χ1n) is 4.11. The Balaban J connectivity index is 2.91. The number of nitrogens with zero attached hydrogens (tertiary/aromatic N) is 1. The van der Waals surface area contributed by atoms with E-state index in [1.54, 1.807) is 11.9 Å². The quantitative estimate of drug-likeness (QED) is 0.307. The van der Waals surface area contributed by atoms with Crippen LogP contribution in [0.3, 0.4) is 0 Å². The Hall–Kier alpha value is -0.240. The van der Waals surface area contributed by atoms with Crippen LogP contribution >= 0.6 is 0 Å². The molecule has 6 heteroatoms. The van der Waals surface area contributed by atoms with E-state index in [1.807, 2.05) is 7.05 Å². The number of ether oxygens (including phenoxy) is 2. The highest BCUT2D eigenvalue weighted by atomic mass is 16.5. The highest BCUT2D eigenvalue weighted by Crippen LogP contribution is 1.78. The molecule has 6 nitrogen and oxygen atoms in total. The lowest BCUT2D eigenvalue weighted by atomic mass is 10.9. The third-order valence-corrected chi connectivity index (χ3v) is 1.21. The molecule has 0 radical (unpaired) electrons. The number of hydrogen-bond acceptors (Lipinski definition) is 6. The number of aliphatic hydroxyl groups excluding tert-OH is 1. The van der Waals surface area contributed by atoms with Crippen LogP contribution in [0.25, 0.3) is 0 Å². The second kappa shape index (κ2) is 9.85. The molecular formula is C7H19N3O3. The standard InChI is InChI=1S/C7H19N3O3/c1-8-3-12-4-9-5-13-7-10(2)6-11/h8-9,11H,3-7H2,1-2H3. The van der Waals surface area contributed by atoms with Gasteiger partial charge in [0.2, 0.25) is 0 Å². The molecule has 0 unspecified atom stereocenters. The summed E-state index contributed by atoms with van der Waals surface area (Å²) >= 11 is 0. The molecule has 0 rings (SSSR count). The lowest BCUT2D eigenvalue weighted by Gasteiger charge is -2.13.